The van der Waals surface area contributed by atoms with Gasteiger partial charge in [-0.05, 0) is 19.9 Å². The third kappa shape index (κ3) is 1.75. The van der Waals surface area contributed by atoms with Crippen LogP contribution in [0.2, 0.25) is 0 Å². The molecule has 0 unspecified atom stereocenters. The lowest BCUT2D eigenvalue weighted by Gasteiger charge is -2.02. The van der Waals surface area contributed by atoms with Gasteiger partial charge in [-0.3, -0.25) is 0 Å². The minimum Gasteiger partial charge on any atom is -0.232 e. The first-order chi connectivity index (χ1) is 8.22. The molecule has 0 saturated carbocycles. The maximum absolute atomic E-state index is 4.45. The van der Waals surface area contributed by atoms with Gasteiger partial charge in [0.1, 0.15) is 0 Å². The number of rotatable bonds is 2. The van der Waals surface area contributed by atoms with Crippen molar-refractivity contribution in [3.05, 3.63) is 35.0 Å². The summed E-state index contributed by atoms with van der Waals surface area (Å²) in [5, 5.41) is 18.3. The van der Waals surface area contributed by atoms with Crippen molar-refractivity contribution in [2.45, 2.75) is 20.3 Å². The highest BCUT2D eigenvalue weighted by molar-refractivity contribution is 5.49. The van der Waals surface area contributed by atoms with Crippen LogP contribution < -0.4 is 0 Å². The van der Waals surface area contributed by atoms with E-state index in [-0.39, 0.29) is 0 Å². The number of fused-ring (bicyclic) bond motifs is 1. The molecule has 3 aromatic rings. The Morgan fingerprint density at radius 2 is 2.18 bits per heavy atom. The van der Waals surface area contributed by atoms with Crippen LogP contribution in [0.1, 0.15) is 22.8 Å². The molecule has 86 valence electrons. The summed E-state index contributed by atoms with van der Waals surface area (Å²) in [7, 11) is 0. The van der Waals surface area contributed by atoms with Gasteiger partial charge in [-0.15, -0.1) is 10.2 Å². The Bertz CT molecular complexity index is 653. The molecule has 0 aromatic carbocycles. The van der Waals surface area contributed by atoms with Crippen LogP contribution in [0.5, 0.6) is 0 Å². The molecule has 1 N–H and O–H groups in total. The van der Waals surface area contributed by atoms with E-state index < -0.39 is 0 Å². The number of hydrogen-bond acceptors (Lipinski definition) is 5. The van der Waals surface area contributed by atoms with E-state index in [1.165, 1.54) is 0 Å². The molecule has 3 aromatic heterocycles. The maximum Gasteiger partial charge on any atom is 0.179 e. The minimum absolute atomic E-state index is 0.597. The zero-order chi connectivity index (χ0) is 11.8. The largest absolute Gasteiger partial charge is 0.232 e. The molecule has 0 radical (unpaired) electrons. The predicted molar refractivity (Wildman–Crippen MR) is 59.4 cm³/mol. The number of nitrogens with one attached hydrogen (secondary N) is 1. The second-order valence-corrected chi connectivity index (χ2v) is 3.97. The van der Waals surface area contributed by atoms with Crippen LogP contribution in [-0.4, -0.2) is 35.2 Å². The van der Waals surface area contributed by atoms with Crippen LogP contribution in [0.15, 0.2) is 12.3 Å². The third-order valence-corrected chi connectivity index (χ3v) is 2.48. The average molecular weight is 229 g/mol. The fourth-order valence-electron chi connectivity index (χ4n) is 1.85. The van der Waals surface area contributed by atoms with Crippen molar-refractivity contribution < 1.29 is 0 Å². The average Bonchev–Trinajstić information content (AvgIpc) is 2.86. The number of nitrogens with zero attached hydrogens (tertiary/aromatic N) is 6. The summed E-state index contributed by atoms with van der Waals surface area (Å²) >= 11 is 0. The molecule has 17 heavy (non-hydrogen) atoms. The zero-order valence-electron chi connectivity index (χ0n) is 9.55. The predicted octanol–water partition coefficient (Wildman–Crippen LogP) is 0.450. The number of tetrazole rings is 1. The van der Waals surface area contributed by atoms with Gasteiger partial charge < -0.3 is 0 Å². The Balaban J connectivity index is 2.14. The van der Waals surface area contributed by atoms with E-state index >= 15 is 0 Å². The van der Waals surface area contributed by atoms with Gasteiger partial charge in [0.25, 0.3) is 0 Å². The van der Waals surface area contributed by atoms with Gasteiger partial charge in [-0.25, -0.2) is 9.50 Å². The number of H-pyrrole nitrogens is 1. The highest BCUT2D eigenvalue weighted by Crippen LogP contribution is 2.13. The van der Waals surface area contributed by atoms with Crippen molar-refractivity contribution >= 4 is 5.65 Å². The second-order valence-electron chi connectivity index (χ2n) is 3.97. The van der Waals surface area contributed by atoms with Crippen LogP contribution in [0.3, 0.4) is 0 Å². The Kier molecular flexibility index (Phi) is 2.10. The van der Waals surface area contributed by atoms with Gasteiger partial charge in [-0.2, -0.15) is 10.3 Å². The van der Waals surface area contributed by atoms with Crippen molar-refractivity contribution in [3.8, 4) is 0 Å². The Labute approximate surface area is 96.9 Å². The standard InChI is InChI=1S/C10H11N7/c1-6-3-8(4-9-12-15-16-13-9)10-11-7(2)5-17(10)14-6/h3,5H,4H2,1-2H3,(H,12,13,15,16). The summed E-state index contributed by atoms with van der Waals surface area (Å²) < 4.78 is 1.79. The van der Waals surface area contributed by atoms with E-state index in [0.29, 0.717) is 12.2 Å². The first-order valence-corrected chi connectivity index (χ1v) is 5.27. The van der Waals surface area contributed by atoms with Gasteiger partial charge in [0.05, 0.1) is 17.6 Å². The lowest BCUT2D eigenvalue weighted by atomic mass is 10.2. The second kappa shape index (κ2) is 3.62. The first-order valence-electron chi connectivity index (χ1n) is 5.27. The number of aromatic nitrogens is 7. The lowest BCUT2D eigenvalue weighted by molar-refractivity contribution is 0.875. The van der Waals surface area contributed by atoms with Crippen molar-refractivity contribution in [1.82, 2.24) is 35.2 Å². The topological polar surface area (TPSA) is 84.6 Å². The monoisotopic (exact) mass is 229 g/mol. The SMILES string of the molecule is Cc1cn2nc(C)cc(Cc3nn[nH]n3)c2n1. The van der Waals surface area contributed by atoms with Crippen LogP contribution in [0.4, 0.5) is 0 Å². The number of aromatic amines is 1. The molecule has 0 spiro atoms. The van der Waals surface area contributed by atoms with E-state index in [1.54, 1.807) is 4.52 Å². The lowest BCUT2D eigenvalue weighted by Crippen LogP contribution is -2.00. The fraction of sp³-hybridized carbons (Fsp3) is 0.300. The quantitative estimate of drug-likeness (QED) is 0.689. The zero-order valence-corrected chi connectivity index (χ0v) is 9.55. The number of hydrogen-bond donors (Lipinski definition) is 1. The van der Waals surface area contributed by atoms with Crippen LogP contribution in [-0.2, 0) is 6.42 Å². The van der Waals surface area contributed by atoms with Gasteiger partial charge in [0, 0.05) is 12.0 Å². The molecule has 0 atom stereocenters. The van der Waals surface area contributed by atoms with Crippen LogP contribution >= 0.6 is 0 Å². The summed E-state index contributed by atoms with van der Waals surface area (Å²) in [6.45, 7) is 3.90. The molecule has 7 heteroatoms. The first kappa shape index (κ1) is 9.88. The van der Waals surface area contributed by atoms with E-state index in [9.17, 15) is 0 Å². The van der Waals surface area contributed by atoms with Crippen LogP contribution in [0, 0.1) is 13.8 Å². The van der Waals surface area contributed by atoms with Crippen LogP contribution in [0.25, 0.3) is 5.65 Å². The van der Waals surface area contributed by atoms with Gasteiger partial charge in [-0.1, -0.05) is 5.21 Å². The summed E-state index contributed by atoms with van der Waals surface area (Å²) in [6, 6.07) is 2.00. The Hall–Kier alpha value is -2.31. The van der Waals surface area contributed by atoms with Gasteiger partial charge in [0.15, 0.2) is 11.5 Å². The Morgan fingerprint density at radius 1 is 1.29 bits per heavy atom. The van der Waals surface area contributed by atoms with Crippen molar-refractivity contribution in [1.29, 1.82) is 0 Å². The van der Waals surface area contributed by atoms with E-state index in [2.05, 4.69) is 30.7 Å². The molecular formula is C10H11N7. The smallest absolute Gasteiger partial charge is 0.179 e. The van der Waals surface area contributed by atoms with E-state index in [1.807, 2.05) is 26.1 Å². The maximum atomic E-state index is 4.45. The summed E-state index contributed by atoms with van der Waals surface area (Å²) in [6.07, 6.45) is 2.50. The molecule has 0 amide bonds. The van der Waals surface area contributed by atoms with Crippen molar-refractivity contribution in [3.63, 3.8) is 0 Å². The van der Waals surface area contributed by atoms with Crippen molar-refractivity contribution in [2.24, 2.45) is 0 Å². The molecule has 0 aliphatic heterocycles. The highest BCUT2D eigenvalue weighted by atomic mass is 15.5. The molecule has 0 saturated heterocycles. The van der Waals surface area contributed by atoms with Crippen molar-refractivity contribution in [2.75, 3.05) is 0 Å². The Morgan fingerprint density at radius 3 is 2.94 bits per heavy atom. The molecule has 0 fully saturated rings. The highest BCUT2D eigenvalue weighted by Gasteiger charge is 2.09. The molecule has 3 rings (SSSR count). The third-order valence-electron chi connectivity index (χ3n) is 2.48. The molecule has 3 heterocycles. The summed E-state index contributed by atoms with van der Waals surface area (Å²) in [5.74, 6) is 0.651. The van der Waals surface area contributed by atoms with Gasteiger partial charge in [0.2, 0.25) is 0 Å². The molecule has 7 nitrogen and oxygen atoms in total. The summed E-state index contributed by atoms with van der Waals surface area (Å²) in [5.41, 5.74) is 3.77. The molecular weight excluding hydrogens is 218 g/mol. The normalized spacial score (nSPS) is 11.2. The van der Waals surface area contributed by atoms with E-state index in [4.69, 9.17) is 0 Å². The van der Waals surface area contributed by atoms with E-state index in [0.717, 1.165) is 22.6 Å². The number of imidazole rings is 1. The number of aryl methyl sites for hydroxylation is 2. The molecule has 0 aliphatic carbocycles. The molecule has 0 bridgehead atoms. The summed E-state index contributed by atoms with van der Waals surface area (Å²) in [4.78, 5) is 4.45. The fourth-order valence-corrected chi connectivity index (χ4v) is 1.85. The van der Waals surface area contributed by atoms with Gasteiger partial charge >= 0.3 is 0 Å². The molecule has 0 aliphatic rings. The minimum atomic E-state index is 0.597.